The van der Waals surface area contributed by atoms with E-state index in [-0.39, 0.29) is 11.9 Å². The van der Waals surface area contributed by atoms with E-state index in [1.807, 2.05) is 13.2 Å². The van der Waals surface area contributed by atoms with Crippen molar-refractivity contribution < 1.29 is 4.79 Å². The minimum Gasteiger partial charge on any atom is -0.369 e. The van der Waals surface area contributed by atoms with E-state index in [2.05, 4.69) is 22.5 Å². The lowest BCUT2D eigenvalue weighted by atomic mass is 10.2. The number of aromatic nitrogens is 1. The van der Waals surface area contributed by atoms with Crippen molar-refractivity contribution in [2.75, 3.05) is 23.9 Å². The lowest BCUT2D eigenvalue weighted by Crippen LogP contribution is -2.36. The Morgan fingerprint density at radius 1 is 1.53 bits per heavy atom. The topological polar surface area (TPSA) is 54.0 Å². The first-order valence-corrected chi connectivity index (χ1v) is 8.08. The van der Waals surface area contributed by atoms with Crippen molar-refractivity contribution in [2.45, 2.75) is 26.3 Å². The Morgan fingerprint density at radius 3 is 2.79 bits per heavy atom. The number of hydrogen-bond acceptors (Lipinski definition) is 4. The molecule has 106 valence electrons. The van der Waals surface area contributed by atoms with E-state index in [0.29, 0.717) is 16.4 Å². The molecule has 1 amide bonds. The Balaban J connectivity index is 2.74. The van der Waals surface area contributed by atoms with Gasteiger partial charge in [0.1, 0.15) is 5.82 Å². The van der Waals surface area contributed by atoms with Crippen LogP contribution in [0.5, 0.6) is 0 Å². The Labute approximate surface area is 123 Å². The maximum Gasteiger partial charge on any atom is 0.253 e. The summed E-state index contributed by atoms with van der Waals surface area (Å²) in [7, 11) is 0. The first-order valence-electron chi connectivity index (χ1n) is 6.31. The molecule has 1 aromatic rings. The zero-order valence-electron chi connectivity index (χ0n) is 11.5. The molecule has 0 radical (unpaired) electrons. The molecule has 2 N–H and O–H groups in total. The molecule has 0 bridgehead atoms. The Morgan fingerprint density at radius 2 is 2.26 bits per heavy atom. The van der Waals surface area contributed by atoms with Crippen LogP contribution in [0.3, 0.4) is 0 Å². The second-order valence-corrected chi connectivity index (χ2v) is 5.44. The van der Waals surface area contributed by atoms with Gasteiger partial charge in [-0.05, 0) is 25.7 Å². The molecule has 4 nitrogen and oxygen atoms in total. The fraction of sp³-hybridized carbons (Fsp3) is 0.538. The van der Waals surface area contributed by atoms with Gasteiger partial charge in [0, 0.05) is 24.5 Å². The highest BCUT2D eigenvalue weighted by atomic mass is 35.5. The van der Waals surface area contributed by atoms with Crippen LogP contribution in [0.25, 0.3) is 0 Å². The third-order valence-corrected chi connectivity index (χ3v) is 3.67. The number of halogens is 1. The predicted octanol–water partition coefficient (Wildman–Crippen LogP) is 3.04. The smallest absolute Gasteiger partial charge is 0.253 e. The van der Waals surface area contributed by atoms with Crippen molar-refractivity contribution in [3.05, 3.63) is 22.8 Å². The van der Waals surface area contributed by atoms with E-state index in [9.17, 15) is 4.79 Å². The zero-order chi connectivity index (χ0) is 14.3. The van der Waals surface area contributed by atoms with Gasteiger partial charge in [-0.1, -0.05) is 18.5 Å². The van der Waals surface area contributed by atoms with Gasteiger partial charge < -0.3 is 10.6 Å². The Bertz CT molecular complexity index is 428. The number of anilines is 1. The number of carbonyl (C=O) groups excluding carboxylic acids is 1. The van der Waals surface area contributed by atoms with Gasteiger partial charge in [0.2, 0.25) is 0 Å². The summed E-state index contributed by atoms with van der Waals surface area (Å²) in [5.74, 6) is 1.38. The van der Waals surface area contributed by atoms with Crippen LogP contribution in [0.15, 0.2) is 12.3 Å². The minimum atomic E-state index is -0.127. The monoisotopic (exact) mass is 301 g/mol. The molecule has 1 rings (SSSR count). The van der Waals surface area contributed by atoms with E-state index >= 15 is 0 Å². The van der Waals surface area contributed by atoms with E-state index in [1.54, 1.807) is 24.0 Å². The van der Waals surface area contributed by atoms with E-state index in [1.165, 1.54) is 0 Å². The van der Waals surface area contributed by atoms with Crippen molar-refractivity contribution in [1.29, 1.82) is 0 Å². The molecule has 1 unspecified atom stereocenters. The standard InChI is InChI=1S/C13H20ClN3OS/c1-4-10(8-19-3)17-13(18)9-6-11(14)12(15-5-2)16-7-9/h6-7,10H,4-5,8H2,1-3H3,(H,15,16)(H,17,18). The number of amides is 1. The first-order chi connectivity index (χ1) is 9.12. The number of thioether (sulfide) groups is 1. The van der Waals surface area contributed by atoms with Gasteiger partial charge in [-0.15, -0.1) is 0 Å². The molecule has 0 aliphatic heterocycles. The lowest BCUT2D eigenvalue weighted by molar-refractivity contribution is 0.0939. The van der Waals surface area contributed by atoms with Crippen LogP contribution < -0.4 is 10.6 Å². The molecule has 0 fully saturated rings. The molecule has 1 atom stereocenters. The molecule has 6 heteroatoms. The summed E-state index contributed by atoms with van der Waals surface area (Å²) in [6, 6.07) is 1.82. The highest BCUT2D eigenvalue weighted by Crippen LogP contribution is 2.20. The van der Waals surface area contributed by atoms with Crippen LogP contribution in [0.4, 0.5) is 5.82 Å². The third-order valence-electron chi connectivity index (χ3n) is 2.64. The molecule has 0 aliphatic carbocycles. The number of nitrogens with one attached hydrogen (secondary N) is 2. The summed E-state index contributed by atoms with van der Waals surface area (Å²) in [5.41, 5.74) is 0.492. The van der Waals surface area contributed by atoms with Gasteiger partial charge in [-0.25, -0.2) is 4.98 Å². The normalized spacial score (nSPS) is 12.0. The molecule has 19 heavy (non-hydrogen) atoms. The molecule has 1 aromatic heterocycles. The summed E-state index contributed by atoms with van der Waals surface area (Å²) in [4.78, 5) is 16.2. The van der Waals surface area contributed by atoms with Crippen LogP contribution >= 0.6 is 23.4 Å². The maximum absolute atomic E-state index is 12.1. The van der Waals surface area contributed by atoms with Gasteiger partial charge in [0.05, 0.1) is 10.6 Å². The summed E-state index contributed by atoms with van der Waals surface area (Å²) < 4.78 is 0. The van der Waals surface area contributed by atoms with E-state index < -0.39 is 0 Å². The minimum absolute atomic E-state index is 0.127. The number of nitrogens with zero attached hydrogens (tertiary/aromatic N) is 1. The summed E-state index contributed by atoms with van der Waals surface area (Å²) in [6.45, 7) is 4.76. The highest BCUT2D eigenvalue weighted by Gasteiger charge is 2.13. The van der Waals surface area contributed by atoms with Gasteiger partial charge in [0.15, 0.2) is 0 Å². The second kappa shape index (κ2) is 8.27. The van der Waals surface area contributed by atoms with Gasteiger partial charge in [0.25, 0.3) is 5.91 Å². The van der Waals surface area contributed by atoms with E-state index in [4.69, 9.17) is 11.6 Å². The second-order valence-electron chi connectivity index (χ2n) is 4.12. The predicted molar refractivity (Wildman–Crippen MR) is 83.3 cm³/mol. The van der Waals surface area contributed by atoms with Gasteiger partial charge in [-0.3, -0.25) is 4.79 Å². The molecule has 0 saturated heterocycles. The molecule has 0 spiro atoms. The fourth-order valence-corrected chi connectivity index (χ4v) is 2.55. The number of hydrogen-bond donors (Lipinski definition) is 2. The summed E-state index contributed by atoms with van der Waals surface area (Å²) in [5, 5.41) is 6.49. The lowest BCUT2D eigenvalue weighted by Gasteiger charge is -2.16. The van der Waals surface area contributed by atoms with E-state index in [0.717, 1.165) is 18.7 Å². The van der Waals surface area contributed by atoms with Crippen LogP contribution in [0.2, 0.25) is 5.02 Å². The molecule has 0 saturated carbocycles. The quantitative estimate of drug-likeness (QED) is 0.813. The van der Waals surface area contributed by atoms with Crippen molar-refractivity contribution in [3.8, 4) is 0 Å². The fourth-order valence-electron chi connectivity index (χ4n) is 1.59. The van der Waals surface area contributed by atoms with Crippen LogP contribution in [0, 0.1) is 0 Å². The van der Waals surface area contributed by atoms with Crippen LogP contribution in [0.1, 0.15) is 30.6 Å². The van der Waals surface area contributed by atoms with Gasteiger partial charge in [-0.2, -0.15) is 11.8 Å². The molecule has 0 aliphatic rings. The van der Waals surface area contributed by atoms with Crippen LogP contribution in [-0.4, -0.2) is 35.5 Å². The number of carbonyl (C=O) groups is 1. The van der Waals surface area contributed by atoms with Crippen LogP contribution in [-0.2, 0) is 0 Å². The largest absolute Gasteiger partial charge is 0.369 e. The third kappa shape index (κ3) is 4.91. The molecule has 0 aromatic carbocycles. The number of pyridine rings is 1. The summed E-state index contributed by atoms with van der Waals surface area (Å²) >= 11 is 7.79. The first kappa shape index (κ1) is 16.1. The van der Waals surface area contributed by atoms with Crippen molar-refractivity contribution >= 4 is 35.1 Å². The average molecular weight is 302 g/mol. The van der Waals surface area contributed by atoms with Crippen molar-refractivity contribution in [1.82, 2.24) is 10.3 Å². The Hall–Kier alpha value is -0.940. The summed E-state index contributed by atoms with van der Waals surface area (Å²) in [6.07, 6.45) is 4.48. The molecule has 1 heterocycles. The SMILES string of the molecule is CCNc1ncc(C(=O)NC(CC)CSC)cc1Cl. The molecular formula is C13H20ClN3OS. The maximum atomic E-state index is 12.1. The highest BCUT2D eigenvalue weighted by molar-refractivity contribution is 7.98. The Kier molecular flexibility index (Phi) is 7.02. The zero-order valence-corrected chi connectivity index (χ0v) is 13.1. The average Bonchev–Trinajstić information content (AvgIpc) is 2.40. The van der Waals surface area contributed by atoms with Gasteiger partial charge >= 0.3 is 0 Å². The van der Waals surface area contributed by atoms with Crippen molar-refractivity contribution in [3.63, 3.8) is 0 Å². The van der Waals surface area contributed by atoms with Crippen molar-refractivity contribution in [2.24, 2.45) is 0 Å². The number of rotatable bonds is 7. The molecular weight excluding hydrogens is 282 g/mol.